The highest BCUT2D eigenvalue weighted by molar-refractivity contribution is 5.77. The molecule has 0 aromatic carbocycles. The Labute approximate surface area is 108 Å². The van der Waals surface area contributed by atoms with E-state index >= 15 is 0 Å². The first-order valence-electron chi connectivity index (χ1n) is 6.87. The molecule has 0 bridgehead atoms. The van der Waals surface area contributed by atoms with Crippen LogP contribution in [0.5, 0.6) is 0 Å². The van der Waals surface area contributed by atoms with Gasteiger partial charge < -0.3 is 14.5 Å². The van der Waals surface area contributed by atoms with Crippen molar-refractivity contribution in [3.8, 4) is 0 Å². The lowest BCUT2D eigenvalue weighted by Crippen LogP contribution is -2.46. The number of likely N-dealkylation sites (tertiary alicyclic amines) is 2. The molecule has 0 aromatic rings. The molecule has 5 nitrogen and oxygen atoms in total. The second kappa shape index (κ2) is 6.18. The SMILES string of the molecule is CC(OCN1CCCCC1=O)N1CCCCC1=O. The van der Waals surface area contributed by atoms with Crippen LogP contribution in [0.2, 0.25) is 0 Å². The molecule has 0 spiro atoms. The highest BCUT2D eigenvalue weighted by Gasteiger charge is 2.25. The van der Waals surface area contributed by atoms with E-state index in [4.69, 9.17) is 4.74 Å². The Hall–Kier alpha value is -1.10. The van der Waals surface area contributed by atoms with Crippen molar-refractivity contribution in [3.63, 3.8) is 0 Å². The molecule has 1 atom stereocenters. The molecule has 2 aliphatic heterocycles. The minimum Gasteiger partial charge on any atom is -0.338 e. The van der Waals surface area contributed by atoms with E-state index in [-0.39, 0.29) is 18.0 Å². The summed E-state index contributed by atoms with van der Waals surface area (Å²) in [7, 11) is 0. The first-order chi connectivity index (χ1) is 8.68. The van der Waals surface area contributed by atoms with E-state index in [1.54, 1.807) is 9.80 Å². The van der Waals surface area contributed by atoms with Crippen molar-refractivity contribution in [1.82, 2.24) is 9.80 Å². The van der Waals surface area contributed by atoms with Crippen LogP contribution in [0.3, 0.4) is 0 Å². The number of hydrogen-bond acceptors (Lipinski definition) is 3. The summed E-state index contributed by atoms with van der Waals surface area (Å²) in [4.78, 5) is 26.8. The summed E-state index contributed by atoms with van der Waals surface area (Å²) in [5.41, 5.74) is 0. The van der Waals surface area contributed by atoms with Gasteiger partial charge in [0.15, 0.2) is 0 Å². The Bertz CT molecular complexity index is 319. The van der Waals surface area contributed by atoms with E-state index in [1.165, 1.54) is 0 Å². The average molecular weight is 254 g/mol. The van der Waals surface area contributed by atoms with Crippen LogP contribution in [0.4, 0.5) is 0 Å². The minimum absolute atomic E-state index is 0.165. The van der Waals surface area contributed by atoms with Gasteiger partial charge >= 0.3 is 0 Å². The summed E-state index contributed by atoms with van der Waals surface area (Å²) < 4.78 is 5.67. The van der Waals surface area contributed by atoms with Crippen molar-refractivity contribution in [2.24, 2.45) is 0 Å². The molecular formula is C13H22N2O3. The number of rotatable bonds is 4. The van der Waals surface area contributed by atoms with Gasteiger partial charge in [0.05, 0.1) is 0 Å². The maximum absolute atomic E-state index is 11.7. The number of piperidine rings is 2. The first-order valence-corrected chi connectivity index (χ1v) is 6.87. The zero-order chi connectivity index (χ0) is 13.0. The van der Waals surface area contributed by atoms with Gasteiger partial charge in [-0.1, -0.05) is 0 Å². The normalized spacial score (nSPS) is 23.4. The van der Waals surface area contributed by atoms with E-state index < -0.39 is 0 Å². The zero-order valence-electron chi connectivity index (χ0n) is 11.1. The Morgan fingerprint density at radius 1 is 1.06 bits per heavy atom. The van der Waals surface area contributed by atoms with Crippen LogP contribution >= 0.6 is 0 Å². The lowest BCUT2D eigenvalue weighted by Gasteiger charge is -2.34. The third-order valence-electron chi connectivity index (χ3n) is 3.69. The third kappa shape index (κ3) is 3.22. The van der Waals surface area contributed by atoms with Crippen molar-refractivity contribution in [2.75, 3.05) is 19.8 Å². The van der Waals surface area contributed by atoms with Crippen molar-refractivity contribution in [2.45, 2.75) is 51.7 Å². The molecular weight excluding hydrogens is 232 g/mol. The molecule has 102 valence electrons. The van der Waals surface area contributed by atoms with Crippen molar-refractivity contribution >= 4 is 11.8 Å². The molecule has 1 unspecified atom stereocenters. The number of amides is 2. The predicted octanol–water partition coefficient (Wildman–Crippen LogP) is 1.33. The molecule has 2 rings (SSSR count). The van der Waals surface area contributed by atoms with Gasteiger partial charge in [-0.3, -0.25) is 9.59 Å². The van der Waals surface area contributed by atoms with Gasteiger partial charge in [-0.2, -0.15) is 0 Å². The number of carbonyl (C=O) groups excluding carboxylic acids is 2. The number of carbonyl (C=O) groups is 2. The topological polar surface area (TPSA) is 49.9 Å². The second-order valence-electron chi connectivity index (χ2n) is 5.05. The molecule has 18 heavy (non-hydrogen) atoms. The molecule has 2 aliphatic rings. The summed E-state index contributed by atoms with van der Waals surface area (Å²) >= 11 is 0. The Morgan fingerprint density at radius 3 is 2.39 bits per heavy atom. The van der Waals surface area contributed by atoms with Crippen LogP contribution in [0, 0.1) is 0 Å². The Kier molecular flexibility index (Phi) is 4.58. The standard InChI is InChI=1S/C13H22N2O3/c1-11(15-9-5-3-7-13(15)17)18-10-14-8-4-2-6-12(14)16/h11H,2-10H2,1H3. The molecule has 0 radical (unpaired) electrons. The summed E-state index contributed by atoms with van der Waals surface area (Å²) in [6.07, 6.45) is 5.07. The van der Waals surface area contributed by atoms with Crippen molar-refractivity contribution in [3.05, 3.63) is 0 Å². The van der Waals surface area contributed by atoms with Crippen LogP contribution < -0.4 is 0 Å². The molecule has 2 heterocycles. The van der Waals surface area contributed by atoms with Gasteiger partial charge in [-0.15, -0.1) is 0 Å². The molecule has 0 N–H and O–H groups in total. The Morgan fingerprint density at radius 2 is 1.72 bits per heavy atom. The average Bonchev–Trinajstić information content (AvgIpc) is 2.38. The maximum atomic E-state index is 11.7. The van der Waals surface area contributed by atoms with Gasteiger partial charge in [0, 0.05) is 25.9 Å². The van der Waals surface area contributed by atoms with Gasteiger partial charge in [0.25, 0.3) is 0 Å². The van der Waals surface area contributed by atoms with Crippen molar-refractivity contribution in [1.29, 1.82) is 0 Å². The van der Waals surface area contributed by atoms with Gasteiger partial charge in [0.1, 0.15) is 13.0 Å². The van der Waals surface area contributed by atoms with Gasteiger partial charge in [-0.25, -0.2) is 0 Å². The number of ether oxygens (including phenoxy) is 1. The largest absolute Gasteiger partial charge is 0.338 e. The fourth-order valence-electron chi connectivity index (χ4n) is 2.50. The third-order valence-corrected chi connectivity index (χ3v) is 3.69. The van der Waals surface area contributed by atoms with Crippen molar-refractivity contribution < 1.29 is 14.3 Å². The lowest BCUT2D eigenvalue weighted by molar-refractivity contribution is -0.158. The lowest BCUT2D eigenvalue weighted by atomic mass is 10.1. The van der Waals surface area contributed by atoms with E-state index in [1.807, 2.05) is 6.92 Å². The summed E-state index contributed by atoms with van der Waals surface area (Å²) in [6.45, 7) is 3.74. The van der Waals surface area contributed by atoms with Crippen LogP contribution in [0.1, 0.15) is 45.4 Å². The summed E-state index contributed by atoms with van der Waals surface area (Å²) in [5, 5.41) is 0. The second-order valence-corrected chi connectivity index (χ2v) is 5.05. The Balaban J connectivity index is 1.78. The highest BCUT2D eigenvalue weighted by Crippen LogP contribution is 2.16. The maximum Gasteiger partial charge on any atom is 0.224 e. The van der Waals surface area contributed by atoms with Crippen LogP contribution in [-0.2, 0) is 14.3 Å². The van der Waals surface area contributed by atoms with E-state index in [0.717, 1.165) is 38.8 Å². The van der Waals surface area contributed by atoms with Crippen LogP contribution in [-0.4, -0.2) is 47.7 Å². The summed E-state index contributed by atoms with van der Waals surface area (Å²) in [6, 6.07) is 0. The molecule has 0 saturated carbocycles. The van der Waals surface area contributed by atoms with Gasteiger partial charge in [0.2, 0.25) is 11.8 Å². The molecule has 0 aromatic heterocycles. The monoisotopic (exact) mass is 254 g/mol. The summed E-state index contributed by atoms with van der Waals surface area (Å²) in [5.74, 6) is 0.331. The molecule has 0 aliphatic carbocycles. The van der Waals surface area contributed by atoms with E-state index in [2.05, 4.69) is 0 Å². The molecule has 5 heteroatoms. The number of nitrogens with zero attached hydrogens (tertiary/aromatic N) is 2. The molecule has 2 fully saturated rings. The van der Waals surface area contributed by atoms with E-state index in [0.29, 0.717) is 19.6 Å². The quantitative estimate of drug-likeness (QED) is 0.760. The van der Waals surface area contributed by atoms with Crippen LogP contribution in [0.15, 0.2) is 0 Å². The molecule has 2 saturated heterocycles. The zero-order valence-corrected chi connectivity index (χ0v) is 11.1. The molecule has 2 amide bonds. The van der Waals surface area contributed by atoms with Crippen LogP contribution in [0.25, 0.3) is 0 Å². The fourth-order valence-corrected chi connectivity index (χ4v) is 2.50. The van der Waals surface area contributed by atoms with E-state index in [9.17, 15) is 9.59 Å². The first kappa shape index (κ1) is 13.3. The predicted molar refractivity (Wildman–Crippen MR) is 66.5 cm³/mol. The highest BCUT2D eigenvalue weighted by atomic mass is 16.5. The minimum atomic E-state index is -0.229. The van der Waals surface area contributed by atoms with Gasteiger partial charge in [-0.05, 0) is 32.6 Å². The fraction of sp³-hybridized carbons (Fsp3) is 0.846. The number of hydrogen-bond donors (Lipinski definition) is 0. The smallest absolute Gasteiger partial charge is 0.224 e.